The molecule has 2 saturated heterocycles. The molecule has 148 valence electrons. The molecule has 0 N–H and O–H groups in total. The monoisotopic (exact) mass is 413 g/mol. The summed E-state index contributed by atoms with van der Waals surface area (Å²) < 4.78 is 26.9. The molecule has 9 heteroatoms. The van der Waals surface area contributed by atoms with Gasteiger partial charge in [-0.1, -0.05) is 17.7 Å². The third-order valence-corrected chi connectivity index (χ3v) is 7.40. The van der Waals surface area contributed by atoms with Gasteiger partial charge < -0.3 is 9.80 Å². The van der Waals surface area contributed by atoms with Crippen LogP contribution in [-0.2, 0) is 19.6 Å². The summed E-state index contributed by atoms with van der Waals surface area (Å²) in [5.41, 5.74) is 0. The van der Waals surface area contributed by atoms with Gasteiger partial charge in [0.1, 0.15) is 0 Å². The second kappa shape index (κ2) is 8.16. The van der Waals surface area contributed by atoms with E-state index < -0.39 is 10.0 Å². The number of carbonyl (C=O) groups is 2. The molecule has 2 heterocycles. The van der Waals surface area contributed by atoms with Crippen LogP contribution in [0.15, 0.2) is 29.2 Å². The van der Waals surface area contributed by atoms with Gasteiger partial charge in [-0.3, -0.25) is 9.59 Å². The number of piperidine rings is 1. The van der Waals surface area contributed by atoms with E-state index in [2.05, 4.69) is 0 Å². The van der Waals surface area contributed by atoms with Crippen LogP contribution in [0.25, 0.3) is 0 Å². The van der Waals surface area contributed by atoms with Crippen molar-refractivity contribution in [1.29, 1.82) is 0 Å². The summed E-state index contributed by atoms with van der Waals surface area (Å²) in [5.74, 6) is 0.0235. The molecule has 3 rings (SSSR count). The van der Waals surface area contributed by atoms with Gasteiger partial charge >= 0.3 is 0 Å². The van der Waals surface area contributed by atoms with Gasteiger partial charge in [-0.25, -0.2) is 8.42 Å². The molecule has 0 unspecified atom stereocenters. The third-order valence-electron chi connectivity index (χ3n) is 5.27. The maximum Gasteiger partial charge on any atom is 0.243 e. The summed E-state index contributed by atoms with van der Waals surface area (Å²) >= 11 is 5.91. The summed E-state index contributed by atoms with van der Waals surface area (Å²) in [4.78, 5) is 27.8. The Hall–Kier alpha value is -1.64. The number of carbonyl (C=O) groups excluding carboxylic acids is 2. The van der Waals surface area contributed by atoms with E-state index in [0.717, 1.165) is 0 Å². The number of benzene rings is 1. The number of likely N-dealkylation sites (tertiary alicyclic amines) is 1. The molecule has 2 amide bonds. The summed E-state index contributed by atoms with van der Waals surface area (Å²) in [6.45, 7) is 4.06. The molecule has 0 bridgehead atoms. The van der Waals surface area contributed by atoms with Crippen LogP contribution in [0.3, 0.4) is 0 Å². The van der Waals surface area contributed by atoms with Crippen LogP contribution in [0.4, 0.5) is 0 Å². The second-order valence-corrected chi connectivity index (χ2v) is 9.34. The average molecular weight is 414 g/mol. The van der Waals surface area contributed by atoms with E-state index in [1.165, 1.54) is 16.4 Å². The van der Waals surface area contributed by atoms with Crippen LogP contribution >= 0.6 is 11.6 Å². The molecule has 0 aliphatic carbocycles. The molecular formula is C18H24ClN3O4S. The van der Waals surface area contributed by atoms with Crippen molar-refractivity contribution in [3.63, 3.8) is 0 Å². The van der Waals surface area contributed by atoms with E-state index >= 15 is 0 Å². The average Bonchev–Trinajstić information content (AvgIpc) is 2.67. The van der Waals surface area contributed by atoms with Gasteiger partial charge in [0.15, 0.2) is 0 Å². The first-order chi connectivity index (χ1) is 12.8. The predicted octanol–water partition coefficient (Wildman–Crippen LogP) is 1.43. The highest BCUT2D eigenvalue weighted by molar-refractivity contribution is 7.89. The number of rotatable bonds is 3. The largest absolute Gasteiger partial charge is 0.343 e. The first kappa shape index (κ1) is 20.1. The molecule has 0 spiro atoms. The highest BCUT2D eigenvalue weighted by Gasteiger charge is 2.34. The maximum absolute atomic E-state index is 12.7. The Morgan fingerprint density at radius 3 is 2.19 bits per heavy atom. The van der Waals surface area contributed by atoms with Gasteiger partial charge in [0.05, 0.1) is 4.90 Å². The van der Waals surface area contributed by atoms with E-state index in [4.69, 9.17) is 11.6 Å². The lowest BCUT2D eigenvalue weighted by molar-refractivity contribution is -0.141. The molecule has 2 fully saturated rings. The Labute approximate surface area is 164 Å². The zero-order chi connectivity index (χ0) is 19.6. The molecule has 27 heavy (non-hydrogen) atoms. The Morgan fingerprint density at radius 2 is 1.63 bits per heavy atom. The smallest absolute Gasteiger partial charge is 0.243 e. The highest BCUT2D eigenvalue weighted by Crippen LogP contribution is 2.23. The van der Waals surface area contributed by atoms with Crippen LogP contribution in [0, 0.1) is 5.92 Å². The van der Waals surface area contributed by atoms with Crippen LogP contribution < -0.4 is 0 Å². The Bertz CT molecular complexity index is 814. The fourth-order valence-electron chi connectivity index (χ4n) is 3.62. The Morgan fingerprint density at radius 1 is 1.00 bits per heavy atom. The molecule has 0 aromatic heterocycles. The lowest BCUT2D eigenvalue weighted by Crippen LogP contribution is -2.53. The first-order valence-corrected chi connectivity index (χ1v) is 10.9. The topological polar surface area (TPSA) is 78.0 Å². The van der Waals surface area contributed by atoms with Crippen LogP contribution in [0.2, 0.25) is 5.02 Å². The first-order valence-electron chi connectivity index (χ1n) is 9.09. The van der Waals surface area contributed by atoms with Crippen molar-refractivity contribution in [3.05, 3.63) is 29.3 Å². The Balaban J connectivity index is 1.57. The van der Waals surface area contributed by atoms with Gasteiger partial charge in [0, 0.05) is 57.1 Å². The number of halogens is 1. The van der Waals surface area contributed by atoms with Crippen molar-refractivity contribution >= 4 is 33.4 Å². The number of hydrogen-bond donors (Lipinski definition) is 0. The SMILES string of the molecule is CC(=O)N1CCC(C(=O)N2CCN(S(=O)(=O)c3cccc(Cl)c3)CC2)CC1. The highest BCUT2D eigenvalue weighted by atomic mass is 35.5. The lowest BCUT2D eigenvalue weighted by Gasteiger charge is -2.38. The molecule has 1 aromatic rings. The second-order valence-electron chi connectivity index (χ2n) is 6.97. The van der Waals surface area contributed by atoms with Crippen LogP contribution in [0.5, 0.6) is 0 Å². The third kappa shape index (κ3) is 4.44. The zero-order valence-electron chi connectivity index (χ0n) is 15.3. The van der Waals surface area contributed by atoms with Crippen LogP contribution in [0.1, 0.15) is 19.8 Å². The number of nitrogens with zero attached hydrogens (tertiary/aromatic N) is 3. The normalized spacial score (nSPS) is 19.9. The summed E-state index contributed by atoms with van der Waals surface area (Å²) in [6.07, 6.45) is 1.33. The van der Waals surface area contributed by atoms with E-state index in [0.29, 0.717) is 44.0 Å². The molecule has 2 aliphatic rings. The summed E-state index contributed by atoms with van der Waals surface area (Å²) in [6, 6.07) is 6.22. The van der Waals surface area contributed by atoms with Gasteiger partial charge in [-0.2, -0.15) is 4.31 Å². The molecule has 1 aromatic carbocycles. The molecule has 0 atom stereocenters. The molecule has 0 radical (unpaired) electrons. The zero-order valence-corrected chi connectivity index (χ0v) is 16.9. The molecule has 2 aliphatic heterocycles. The predicted molar refractivity (Wildman–Crippen MR) is 102 cm³/mol. The van der Waals surface area contributed by atoms with Crippen molar-refractivity contribution in [2.45, 2.75) is 24.7 Å². The standard InChI is InChI=1S/C18H24ClN3O4S/c1-14(23)20-7-5-15(6-8-20)18(24)21-9-11-22(12-10-21)27(25,26)17-4-2-3-16(19)13-17/h2-4,13,15H,5-12H2,1H3. The van der Waals surface area contributed by atoms with Gasteiger partial charge in [0.25, 0.3) is 0 Å². The quantitative estimate of drug-likeness (QED) is 0.751. The minimum atomic E-state index is -3.61. The van der Waals surface area contributed by atoms with E-state index in [1.54, 1.807) is 28.9 Å². The van der Waals surface area contributed by atoms with Crippen molar-refractivity contribution < 1.29 is 18.0 Å². The molecule has 7 nitrogen and oxygen atoms in total. The minimum absolute atomic E-state index is 0.0423. The van der Waals surface area contributed by atoms with Crippen molar-refractivity contribution in [2.24, 2.45) is 5.92 Å². The molecule has 0 saturated carbocycles. The molecular weight excluding hydrogens is 390 g/mol. The van der Waals surface area contributed by atoms with Crippen molar-refractivity contribution in [3.8, 4) is 0 Å². The summed E-state index contributed by atoms with van der Waals surface area (Å²) in [5, 5.41) is 0.377. The van der Waals surface area contributed by atoms with Crippen molar-refractivity contribution in [2.75, 3.05) is 39.3 Å². The maximum atomic E-state index is 12.7. The fourth-order valence-corrected chi connectivity index (χ4v) is 5.35. The number of piperazine rings is 1. The van der Waals surface area contributed by atoms with Crippen molar-refractivity contribution in [1.82, 2.24) is 14.1 Å². The van der Waals surface area contributed by atoms with E-state index in [1.807, 2.05) is 0 Å². The number of sulfonamides is 1. The summed E-state index contributed by atoms with van der Waals surface area (Å²) in [7, 11) is -3.61. The van der Waals surface area contributed by atoms with Gasteiger partial charge in [-0.05, 0) is 31.0 Å². The Kier molecular flexibility index (Phi) is 6.08. The number of amides is 2. The fraction of sp³-hybridized carbons (Fsp3) is 0.556. The lowest BCUT2D eigenvalue weighted by atomic mass is 9.95. The van der Waals surface area contributed by atoms with E-state index in [9.17, 15) is 18.0 Å². The van der Waals surface area contributed by atoms with Gasteiger partial charge in [0.2, 0.25) is 21.8 Å². The van der Waals surface area contributed by atoms with Crippen LogP contribution in [-0.4, -0.2) is 73.6 Å². The van der Waals surface area contributed by atoms with Gasteiger partial charge in [-0.15, -0.1) is 0 Å². The number of hydrogen-bond acceptors (Lipinski definition) is 4. The van der Waals surface area contributed by atoms with E-state index in [-0.39, 0.29) is 35.7 Å². The minimum Gasteiger partial charge on any atom is -0.343 e.